The molecule has 1 aliphatic heterocycles. The quantitative estimate of drug-likeness (QED) is 0.802. The summed E-state index contributed by atoms with van der Waals surface area (Å²) in [4.78, 5) is 25.6. The SMILES string of the molecule is N#Cc1ccc(NCC(O)CN2C(=O)c3ccccc3C2=O)cc1Cl. The summed E-state index contributed by atoms with van der Waals surface area (Å²) in [6.07, 6.45) is -0.948. The van der Waals surface area contributed by atoms with E-state index in [-0.39, 0.29) is 13.1 Å². The molecule has 0 aliphatic carbocycles. The number of carbonyl (C=O) groups excluding carboxylic acids is 2. The molecule has 2 amide bonds. The second-order valence-electron chi connectivity index (χ2n) is 5.61. The summed E-state index contributed by atoms with van der Waals surface area (Å²) in [7, 11) is 0. The first-order valence-corrected chi connectivity index (χ1v) is 7.96. The minimum atomic E-state index is -0.948. The van der Waals surface area contributed by atoms with Crippen molar-refractivity contribution in [3.05, 3.63) is 64.2 Å². The first-order chi connectivity index (χ1) is 12.0. The number of halogens is 1. The minimum Gasteiger partial charge on any atom is -0.389 e. The monoisotopic (exact) mass is 355 g/mol. The maximum atomic E-state index is 12.3. The third kappa shape index (κ3) is 3.33. The van der Waals surface area contributed by atoms with E-state index in [2.05, 4.69) is 5.32 Å². The smallest absolute Gasteiger partial charge is 0.261 e. The highest BCUT2D eigenvalue weighted by Crippen LogP contribution is 2.23. The van der Waals surface area contributed by atoms with Crippen LogP contribution in [0.5, 0.6) is 0 Å². The van der Waals surface area contributed by atoms with Crippen LogP contribution in [0.25, 0.3) is 0 Å². The van der Waals surface area contributed by atoms with Gasteiger partial charge in [-0.1, -0.05) is 23.7 Å². The number of aliphatic hydroxyl groups excluding tert-OH is 1. The van der Waals surface area contributed by atoms with Crippen molar-refractivity contribution < 1.29 is 14.7 Å². The summed E-state index contributed by atoms with van der Waals surface area (Å²) in [5.74, 6) is -0.804. The van der Waals surface area contributed by atoms with Crippen molar-refractivity contribution in [1.82, 2.24) is 4.90 Å². The zero-order valence-electron chi connectivity index (χ0n) is 13.1. The first-order valence-electron chi connectivity index (χ1n) is 7.58. The lowest BCUT2D eigenvalue weighted by atomic mass is 10.1. The van der Waals surface area contributed by atoms with Crippen LogP contribution in [-0.2, 0) is 0 Å². The molecule has 2 aromatic rings. The Kier molecular flexibility index (Phi) is 4.70. The molecule has 25 heavy (non-hydrogen) atoms. The Morgan fingerprint density at radius 2 is 1.80 bits per heavy atom. The van der Waals surface area contributed by atoms with E-state index in [9.17, 15) is 14.7 Å². The van der Waals surface area contributed by atoms with Crippen molar-refractivity contribution in [2.24, 2.45) is 0 Å². The lowest BCUT2D eigenvalue weighted by Crippen LogP contribution is -2.39. The van der Waals surface area contributed by atoms with Gasteiger partial charge in [0.2, 0.25) is 0 Å². The van der Waals surface area contributed by atoms with Gasteiger partial charge in [0.1, 0.15) is 6.07 Å². The number of nitrogens with one attached hydrogen (secondary N) is 1. The standard InChI is InChI=1S/C18H14ClN3O3/c19-16-7-12(6-5-11(16)8-20)21-9-13(23)10-22-17(24)14-3-1-2-4-15(14)18(22)25/h1-7,13,21,23H,9-10H2. The van der Waals surface area contributed by atoms with Crippen molar-refractivity contribution in [2.75, 3.05) is 18.4 Å². The molecule has 1 unspecified atom stereocenters. The normalized spacial score (nSPS) is 14.2. The molecule has 1 atom stereocenters. The van der Waals surface area contributed by atoms with Gasteiger partial charge >= 0.3 is 0 Å². The highest BCUT2D eigenvalue weighted by Gasteiger charge is 2.35. The van der Waals surface area contributed by atoms with Gasteiger partial charge in [-0.25, -0.2) is 0 Å². The molecule has 0 radical (unpaired) electrons. The predicted molar refractivity (Wildman–Crippen MR) is 92.5 cm³/mol. The Hall–Kier alpha value is -2.88. The van der Waals surface area contributed by atoms with Gasteiger partial charge in [-0.3, -0.25) is 14.5 Å². The second kappa shape index (κ2) is 6.93. The van der Waals surface area contributed by atoms with Gasteiger partial charge in [0.15, 0.2) is 0 Å². The number of β-amino-alcohol motifs (C(OH)–C–C–N with tert-alkyl or cyclic N) is 1. The average molecular weight is 356 g/mol. The number of nitriles is 1. The maximum absolute atomic E-state index is 12.3. The Morgan fingerprint density at radius 3 is 2.36 bits per heavy atom. The molecule has 0 aromatic heterocycles. The van der Waals surface area contributed by atoms with Gasteiger partial charge in [0.05, 0.1) is 34.4 Å². The van der Waals surface area contributed by atoms with E-state index < -0.39 is 17.9 Å². The number of hydrogen-bond acceptors (Lipinski definition) is 5. The lowest BCUT2D eigenvalue weighted by molar-refractivity contribution is 0.0558. The van der Waals surface area contributed by atoms with Crippen molar-refractivity contribution in [3.63, 3.8) is 0 Å². The van der Waals surface area contributed by atoms with Crippen molar-refractivity contribution in [2.45, 2.75) is 6.10 Å². The van der Waals surface area contributed by atoms with Crippen LogP contribution < -0.4 is 5.32 Å². The highest BCUT2D eigenvalue weighted by molar-refractivity contribution is 6.32. The van der Waals surface area contributed by atoms with Crippen LogP contribution in [-0.4, -0.2) is 41.0 Å². The summed E-state index contributed by atoms with van der Waals surface area (Å²) in [5.41, 5.74) is 1.70. The number of fused-ring (bicyclic) bond motifs is 1. The van der Waals surface area contributed by atoms with E-state index in [1.807, 2.05) is 6.07 Å². The first kappa shape index (κ1) is 17.0. The number of aliphatic hydroxyl groups is 1. The average Bonchev–Trinajstić information content (AvgIpc) is 2.85. The minimum absolute atomic E-state index is 0.108. The van der Waals surface area contributed by atoms with E-state index >= 15 is 0 Å². The lowest BCUT2D eigenvalue weighted by Gasteiger charge is -2.19. The largest absolute Gasteiger partial charge is 0.389 e. The van der Waals surface area contributed by atoms with E-state index in [4.69, 9.17) is 16.9 Å². The van der Waals surface area contributed by atoms with Crippen molar-refractivity contribution >= 4 is 29.1 Å². The van der Waals surface area contributed by atoms with Crippen LogP contribution in [0.15, 0.2) is 42.5 Å². The Morgan fingerprint density at radius 1 is 1.16 bits per heavy atom. The fraction of sp³-hybridized carbons (Fsp3) is 0.167. The zero-order chi connectivity index (χ0) is 18.0. The van der Waals surface area contributed by atoms with E-state index in [1.54, 1.807) is 42.5 Å². The zero-order valence-corrected chi connectivity index (χ0v) is 13.8. The molecule has 1 heterocycles. The third-order valence-electron chi connectivity index (χ3n) is 3.90. The molecule has 2 aromatic carbocycles. The van der Waals surface area contributed by atoms with Crippen molar-refractivity contribution in [1.29, 1.82) is 5.26 Å². The summed E-state index contributed by atoms with van der Waals surface area (Å²) in [6.45, 7) is 0.0129. The number of anilines is 1. The fourth-order valence-corrected chi connectivity index (χ4v) is 2.85. The van der Waals surface area contributed by atoms with Crippen LogP contribution in [0, 0.1) is 11.3 Å². The van der Waals surface area contributed by atoms with Crippen molar-refractivity contribution in [3.8, 4) is 6.07 Å². The Balaban J connectivity index is 1.61. The number of benzene rings is 2. The Labute approximate surface area is 149 Å². The number of hydrogen-bond donors (Lipinski definition) is 2. The molecule has 0 spiro atoms. The third-order valence-corrected chi connectivity index (χ3v) is 4.22. The van der Waals surface area contributed by atoms with Crippen LogP contribution >= 0.6 is 11.6 Å². The molecule has 1 aliphatic rings. The van der Waals surface area contributed by atoms with E-state index in [1.165, 1.54) is 0 Å². The number of carbonyl (C=O) groups is 2. The molecule has 7 heteroatoms. The number of nitrogens with zero attached hydrogens (tertiary/aromatic N) is 2. The van der Waals surface area contributed by atoms with E-state index in [0.717, 1.165) is 4.90 Å². The van der Waals surface area contributed by atoms with Crippen LogP contribution in [0.2, 0.25) is 5.02 Å². The number of rotatable bonds is 5. The maximum Gasteiger partial charge on any atom is 0.261 e. The summed E-state index contributed by atoms with van der Waals surface area (Å²) in [5, 5.41) is 22.3. The van der Waals surface area contributed by atoms with Gasteiger partial charge < -0.3 is 10.4 Å². The number of amides is 2. The summed E-state index contributed by atoms with van der Waals surface area (Å²) >= 11 is 5.95. The number of imide groups is 1. The van der Waals surface area contributed by atoms with Gasteiger partial charge in [-0.15, -0.1) is 0 Å². The van der Waals surface area contributed by atoms with Gasteiger partial charge in [0, 0.05) is 12.2 Å². The molecule has 6 nitrogen and oxygen atoms in total. The van der Waals surface area contributed by atoms with Crippen LogP contribution in [0.4, 0.5) is 5.69 Å². The second-order valence-corrected chi connectivity index (χ2v) is 6.01. The highest BCUT2D eigenvalue weighted by atomic mass is 35.5. The molecule has 0 saturated carbocycles. The topological polar surface area (TPSA) is 93.4 Å². The van der Waals surface area contributed by atoms with Gasteiger partial charge in [-0.05, 0) is 30.3 Å². The molecule has 0 bridgehead atoms. The fourth-order valence-electron chi connectivity index (χ4n) is 2.63. The molecule has 2 N–H and O–H groups in total. The van der Waals surface area contributed by atoms with Crippen LogP contribution in [0.3, 0.4) is 0 Å². The predicted octanol–water partition coefficient (Wildman–Crippen LogP) is 2.28. The summed E-state index contributed by atoms with van der Waals surface area (Å²) < 4.78 is 0. The molecular weight excluding hydrogens is 342 g/mol. The molecular formula is C18H14ClN3O3. The molecule has 0 saturated heterocycles. The summed E-state index contributed by atoms with van der Waals surface area (Å²) in [6, 6.07) is 13.4. The Bertz CT molecular complexity index is 856. The van der Waals surface area contributed by atoms with Gasteiger partial charge in [-0.2, -0.15) is 5.26 Å². The van der Waals surface area contributed by atoms with Gasteiger partial charge in [0.25, 0.3) is 11.8 Å². The molecule has 0 fully saturated rings. The molecule has 3 rings (SSSR count). The van der Waals surface area contributed by atoms with E-state index in [0.29, 0.717) is 27.4 Å². The van der Waals surface area contributed by atoms with Crippen LogP contribution in [0.1, 0.15) is 26.3 Å². The molecule has 126 valence electrons.